The molecule has 1 aliphatic rings. The summed E-state index contributed by atoms with van der Waals surface area (Å²) >= 11 is 6.10. The van der Waals surface area contributed by atoms with Crippen LogP contribution in [0.4, 0.5) is 16.6 Å². The molecule has 0 unspecified atom stereocenters. The van der Waals surface area contributed by atoms with Gasteiger partial charge in [-0.15, -0.1) is 0 Å². The van der Waals surface area contributed by atoms with Gasteiger partial charge in [-0.3, -0.25) is 4.72 Å². The number of aryl methyl sites for hydroxylation is 1. The molecular weight excluding hydrogens is 616 g/mol. The molecule has 2 heterocycles. The number of rotatable bonds is 8. The van der Waals surface area contributed by atoms with Crippen LogP contribution in [0.15, 0.2) is 59.6 Å². The summed E-state index contributed by atoms with van der Waals surface area (Å²) in [6, 6.07) is 13.7. The van der Waals surface area contributed by atoms with Gasteiger partial charge < -0.3 is 20.1 Å². The Labute approximate surface area is 268 Å². The van der Waals surface area contributed by atoms with E-state index in [9.17, 15) is 13.2 Å². The number of carbonyl (C=O) groups is 1. The molecule has 1 amide bonds. The first-order chi connectivity index (χ1) is 21.3. The van der Waals surface area contributed by atoms with Crippen LogP contribution in [0.1, 0.15) is 52.0 Å². The lowest BCUT2D eigenvalue weighted by Gasteiger charge is -2.30. The Morgan fingerprint density at radius 1 is 0.956 bits per heavy atom. The topological polar surface area (TPSA) is 144 Å². The minimum atomic E-state index is -3.96. The zero-order valence-electron chi connectivity index (χ0n) is 25.8. The van der Waals surface area contributed by atoms with Crippen molar-refractivity contribution < 1.29 is 22.7 Å². The van der Waals surface area contributed by atoms with Gasteiger partial charge in [-0.05, 0) is 94.8 Å². The first-order valence-electron chi connectivity index (χ1n) is 14.7. The maximum Gasteiger partial charge on any atom is 0.407 e. The van der Waals surface area contributed by atoms with Crippen molar-refractivity contribution >= 4 is 50.4 Å². The molecule has 11 nitrogen and oxygen atoms in total. The number of pyridine rings is 1. The minimum absolute atomic E-state index is 0.0429. The third-order valence-corrected chi connectivity index (χ3v) is 9.38. The lowest BCUT2D eigenvalue weighted by molar-refractivity contribution is 0.0492. The number of aromatic nitrogens is 3. The number of fused-ring (bicyclic) bond motifs is 1. The summed E-state index contributed by atoms with van der Waals surface area (Å²) in [6.45, 7) is 7.53. The highest BCUT2D eigenvalue weighted by Crippen LogP contribution is 2.35. The summed E-state index contributed by atoms with van der Waals surface area (Å²) < 4.78 is 39.2. The average molecular weight is 653 g/mol. The van der Waals surface area contributed by atoms with Crippen molar-refractivity contribution in [2.75, 3.05) is 17.1 Å². The van der Waals surface area contributed by atoms with E-state index in [1.807, 2.05) is 39.8 Å². The van der Waals surface area contributed by atoms with E-state index in [0.717, 1.165) is 47.7 Å². The molecule has 0 radical (unpaired) electrons. The second-order valence-corrected chi connectivity index (χ2v) is 14.1. The standard InChI is InChI=1S/C32H37ClN6O5S/c1-19-22(23-15-17-28(38-29(23)43-5)39-45(41,42)27-9-7-6-8-25(27)33)14-16-26-24(19)18-34-30(37-26)35-20-10-12-21(13-11-20)36-31(40)44-32(2,3)4/h6-9,14-18,20-21H,10-13H2,1-5H3,(H,36,40)(H,38,39)(H,34,35,37). The molecule has 238 valence electrons. The summed E-state index contributed by atoms with van der Waals surface area (Å²) in [5, 5.41) is 7.40. The van der Waals surface area contributed by atoms with Crippen LogP contribution in [0.3, 0.4) is 0 Å². The van der Waals surface area contributed by atoms with Gasteiger partial charge in [0.15, 0.2) is 0 Å². The lowest BCUT2D eigenvalue weighted by Crippen LogP contribution is -2.42. The van der Waals surface area contributed by atoms with E-state index in [1.165, 1.54) is 19.2 Å². The fraction of sp³-hybridized carbons (Fsp3) is 0.375. The molecule has 1 saturated carbocycles. The van der Waals surface area contributed by atoms with Gasteiger partial charge in [-0.1, -0.05) is 29.8 Å². The van der Waals surface area contributed by atoms with Gasteiger partial charge in [0, 0.05) is 29.2 Å². The molecular formula is C32H37ClN6O5S. The Balaban J connectivity index is 1.28. The van der Waals surface area contributed by atoms with Crippen molar-refractivity contribution in [3.05, 3.63) is 65.3 Å². The number of sulfonamides is 1. The number of ether oxygens (including phenoxy) is 2. The SMILES string of the molecule is COc1nc(NS(=O)(=O)c2ccccc2Cl)ccc1-c1ccc2nc(NC3CCC(NC(=O)OC(C)(C)C)CC3)ncc2c1C. The number of halogens is 1. The average Bonchev–Trinajstić information content (AvgIpc) is 2.97. The van der Waals surface area contributed by atoms with Crippen LogP contribution in [0, 0.1) is 6.92 Å². The van der Waals surface area contributed by atoms with E-state index >= 15 is 0 Å². The van der Waals surface area contributed by atoms with Crippen LogP contribution in [-0.4, -0.2) is 54.3 Å². The maximum atomic E-state index is 12.9. The highest BCUT2D eigenvalue weighted by Gasteiger charge is 2.25. The first kappa shape index (κ1) is 32.2. The van der Waals surface area contributed by atoms with E-state index in [4.69, 9.17) is 26.1 Å². The molecule has 0 aliphatic heterocycles. The molecule has 2 aromatic heterocycles. The fourth-order valence-electron chi connectivity index (χ4n) is 5.36. The molecule has 45 heavy (non-hydrogen) atoms. The number of amides is 1. The number of nitrogens with zero attached hydrogens (tertiary/aromatic N) is 3. The van der Waals surface area contributed by atoms with E-state index in [1.54, 1.807) is 30.5 Å². The van der Waals surface area contributed by atoms with Gasteiger partial charge in [0.05, 0.1) is 17.6 Å². The van der Waals surface area contributed by atoms with Crippen molar-refractivity contribution in [2.24, 2.45) is 0 Å². The number of hydrogen-bond acceptors (Lipinski definition) is 9. The monoisotopic (exact) mass is 652 g/mol. The Kier molecular flexibility index (Phi) is 9.36. The number of benzene rings is 2. The van der Waals surface area contributed by atoms with Crippen molar-refractivity contribution in [3.8, 4) is 17.0 Å². The summed E-state index contributed by atoms with van der Waals surface area (Å²) in [5.41, 5.74) is 2.73. The van der Waals surface area contributed by atoms with Crippen LogP contribution in [-0.2, 0) is 14.8 Å². The molecule has 4 aromatic rings. The third-order valence-electron chi connectivity index (χ3n) is 7.52. The normalized spacial score (nSPS) is 17.0. The van der Waals surface area contributed by atoms with Crippen LogP contribution >= 0.6 is 11.6 Å². The molecule has 0 bridgehead atoms. The zero-order chi connectivity index (χ0) is 32.4. The number of anilines is 2. The number of carbonyl (C=O) groups excluding carboxylic acids is 1. The highest BCUT2D eigenvalue weighted by molar-refractivity contribution is 7.92. The predicted molar refractivity (Wildman–Crippen MR) is 175 cm³/mol. The van der Waals surface area contributed by atoms with E-state index in [0.29, 0.717) is 11.5 Å². The van der Waals surface area contributed by atoms with E-state index in [-0.39, 0.29) is 39.8 Å². The third kappa shape index (κ3) is 7.74. The van der Waals surface area contributed by atoms with Crippen molar-refractivity contribution in [1.29, 1.82) is 0 Å². The molecule has 2 aromatic carbocycles. The summed E-state index contributed by atoms with van der Waals surface area (Å²) in [4.78, 5) is 25.8. The Bertz CT molecular complexity index is 1820. The molecule has 0 spiro atoms. The Morgan fingerprint density at radius 2 is 1.64 bits per heavy atom. The van der Waals surface area contributed by atoms with Crippen molar-refractivity contribution in [2.45, 2.75) is 76.0 Å². The molecule has 1 fully saturated rings. The lowest BCUT2D eigenvalue weighted by atomic mass is 9.91. The summed E-state index contributed by atoms with van der Waals surface area (Å²) in [6.07, 6.45) is 4.83. The number of hydrogen-bond donors (Lipinski definition) is 3. The second-order valence-electron chi connectivity index (χ2n) is 12.0. The van der Waals surface area contributed by atoms with Gasteiger partial charge in [0.25, 0.3) is 10.0 Å². The fourth-order valence-corrected chi connectivity index (χ4v) is 6.88. The van der Waals surface area contributed by atoms with Gasteiger partial charge in [0.2, 0.25) is 11.8 Å². The summed E-state index contributed by atoms with van der Waals surface area (Å²) in [7, 11) is -2.47. The molecule has 13 heteroatoms. The maximum absolute atomic E-state index is 12.9. The van der Waals surface area contributed by atoms with Crippen LogP contribution in [0.5, 0.6) is 5.88 Å². The molecule has 0 atom stereocenters. The number of alkyl carbamates (subject to hydrolysis) is 1. The second kappa shape index (κ2) is 13.1. The molecule has 3 N–H and O–H groups in total. The van der Waals surface area contributed by atoms with E-state index in [2.05, 4.69) is 25.3 Å². The quantitative estimate of drug-likeness (QED) is 0.189. The van der Waals surface area contributed by atoms with Crippen molar-refractivity contribution in [1.82, 2.24) is 20.3 Å². The van der Waals surface area contributed by atoms with Gasteiger partial charge in [-0.2, -0.15) is 4.98 Å². The van der Waals surface area contributed by atoms with Gasteiger partial charge in [-0.25, -0.2) is 23.2 Å². The number of nitrogens with one attached hydrogen (secondary N) is 3. The minimum Gasteiger partial charge on any atom is -0.480 e. The molecule has 1 aliphatic carbocycles. The predicted octanol–water partition coefficient (Wildman–Crippen LogP) is 6.71. The van der Waals surface area contributed by atoms with Crippen LogP contribution in [0.25, 0.3) is 22.0 Å². The van der Waals surface area contributed by atoms with Gasteiger partial charge >= 0.3 is 6.09 Å². The number of methoxy groups -OCH3 is 1. The molecule has 5 rings (SSSR count). The largest absolute Gasteiger partial charge is 0.480 e. The Hall–Kier alpha value is -4.16. The first-order valence-corrected chi connectivity index (χ1v) is 16.5. The molecule has 0 saturated heterocycles. The van der Waals surface area contributed by atoms with Crippen LogP contribution < -0.4 is 20.1 Å². The Morgan fingerprint density at radius 3 is 2.33 bits per heavy atom. The zero-order valence-corrected chi connectivity index (χ0v) is 27.4. The smallest absolute Gasteiger partial charge is 0.407 e. The van der Waals surface area contributed by atoms with Gasteiger partial charge in [0.1, 0.15) is 16.3 Å². The van der Waals surface area contributed by atoms with E-state index < -0.39 is 15.6 Å². The summed E-state index contributed by atoms with van der Waals surface area (Å²) in [5.74, 6) is 0.906. The highest BCUT2D eigenvalue weighted by atomic mass is 35.5. The van der Waals surface area contributed by atoms with Crippen LogP contribution in [0.2, 0.25) is 5.02 Å². The van der Waals surface area contributed by atoms with Crippen molar-refractivity contribution in [3.63, 3.8) is 0 Å².